The molecular weight excluding hydrogens is 853 g/mol. The first kappa shape index (κ1) is 42.9. The van der Waals surface area contributed by atoms with Gasteiger partial charge in [-0.15, -0.1) is 0 Å². The number of furan rings is 1. The minimum atomic E-state index is -0.0272. The number of fused-ring (bicyclic) bond motifs is 6. The molecule has 0 unspecified atom stereocenters. The predicted molar refractivity (Wildman–Crippen MR) is 291 cm³/mol. The summed E-state index contributed by atoms with van der Waals surface area (Å²) in [4.78, 5) is 16.0. The van der Waals surface area contributed by atoms with E-state index in [0.717, 1.165) is 88.7 Å². The Balaban J connectivity index is 1.14. The summed E-state index contributed by atoms with van der Waals surface area (Å²) in [5.41, 5.74) is 16.9. The summed E-state index contributed by atoms with van der Waals surface area (Å²) in [6.07, 6.45) is 0. The quantitative estimate of drug-likeness (QED) is 0.160. The second-order valence-corrected chi connectivity index (χ2v) is 20.5. The smallest absolute Gasteiger partial charge is 0.164 e. The Morgan fingerprint density at radius 1 is 0.329 bits per heavy atom. The van der Waals surface area contributed by atoms with Crippen molar-refractivity contribution in [3.8, 4) is 73.2 Å². The van der Waals surface area contributed by atoms with Crippen molar-refractivity contribution in [2.75, 3.05) is 0 Å². The summed E-state index contributed by atoms with van der Waals surface area (Å²) in [7, 11) is 0. The Morgan fingerprint density at radius 3 is 1.30 bits per heavy atom. The molecule has 0 aliphatic carbocycles. The molecule has 9 aromatic carbocycles. The molecule has 0 amide bonds. The molecule has 12 aromatic rings. The monoisotopic (exact) mass is 904 g/mol. The van der Waals surface area contributed by atoms with Crippen molar-refractivity contribution in [1.82, 2.24) is 19.5 Å². The van der Waals surface area contributed by atoms with Gasteiger partial charge in [0.05, 0.1) is 16.7 Å². The Labute approximate surface area is 408 Å². The third kappa shape index (κ3) is 7.64. The standard InChI is InChI=1S/C65H52N4O/c1-64(2,3)48-31-33-56-53(39-48)54-40-49(65(4,5)6)32-34-57(54)69(56)60-51(43-20-12-8-13-21-43)37-47(38-52(60)44-22-14-9-15-23-44)63-67-61(45-28-26-42(27-29-45)41-18-10-7-11-19-41)66-62(68-63)46-30-35-59-55(36-46)50-24-16-17-25-58(50)70-59/h7-40H,1-6H3. The van der Waals surface area contributed by atoms with E-state index in [4.69, 9.17) is 19.4 Å². The molecule has 0 saturated heterocycles. The zero-order valence-corrected chi connectivity index (χ0v) is 40.3. The van der Waals surface area contributed by atoms with Crippen LogP contribution in [0, 0.1) is 0 Å². The Bertz CT molecular complexity index is 3800. The highest BCUT2D eigenvalue weighted by Gasteiger charge is 2.26. The van der Waals surface area contributed by atoms with Crippen LogP contribution in [0.2, 0.25) is 0 Å². The van der Waals surface area contributed by atoms with Crippen molar-refractivity contribution >= 4 is 43.7 Å². The molecule has 0 aliphatic rings. The van der Waals surface area contributed by atoms with Crippen LogP contribution in [0.25, 0.3) is 117 Å². The molecule has 3 heterocycles. The minimum Gasteiger partial charge on any atom is -0.456 e. The normalized spacial score (nSPS) is 12.1. The third-order valence-electron chi connectivity index (χ3n) is 13.8. The molecule has 0 N–H and O–H groups in total. The number of para-hydroxylation sites is 1. The largest absolute Gasteiger partial charge is 0.456 e. The van der Waals surface area contributed by atoms with Crippen LogP contribution in [0.3, 0.4) is 0 Å². The Morgan fingerprint density at radius 2 is 0.757 bits per heavy atom. The van der Waals surface area contributed by atoms with Gasteiger partial charge in [-0.1, -0.05) is 187 Å². The molecule has 70 heavy (non-hydrogen) atoms. The van der Waals surface area contributed by atoms with Crippen LogP contribution in [0.5, 0.6) is 0 Å². The second-order valence-electron chi connectivity index (χ2n) is 20.5. The topological polar surface area (TPSA) is 56.7 Å². The molecule has 0 atom stereocenters. The molecule has 0 saturated carbocycles. The van der Waals surface area contributed by atoms with E-state index in [9.17, 15) is 0 Å². The lowest BCUT2D eigenvalue weighted by molar-refractivity contribution is 0.590. The first-order valence-electron chi connectivity index (χ1n) is 24.2. The van der Waals surface area contributed by atoms with E-state index in [1.165, 1.54) is 21.9 Å². The van der Waals surface area contributed by atoms with Gasteiger partial charge in [0.15, 0.2) is 17.5 Å². The summed E-state index contributed by atoms with van der Waals surface area (Å²) in [6.45, 7) is 13.8. The van der Waals surface area contributed by atoms with Crippen LogP contribution in [0.4, 0.5) is 0 Å². The SMILES string of the molecule is CC(C)(C)c1ccc2c(c1)c1cc(C(C)(C)C)ccc1n2-c1c(-c2ccccc2)cc(-c2nc(-c3ccc(-c4ccccc4)cc3)nc(-c3ccc4oc5ccccc5c4c3)n2)cc1-c1ccccc1. The lowest BCUT2D eigenvalue weighted by atomic mass is 9.85. The van der Waals surface area contributed by atoms with Crippen molar-refractivity contribution in [2.45, 2.75) is 52.4 Å². The predicted octanol–water partition coefficient (Wildman–Crippen LogP) is 17.5. The molecular formula is C65H52N4O. The zero-order valence-electron chi connectivity index (χ0n) is 40.3. The van der Waals surface area contributed by atoms with Crippen molar-refractivity contribution < 1.29 is 4.42 Å². The van der Waals surface area contributed by atoms with Crippen molar-refractivity contribution in [3.63, 3.8) is 0 Å². The van der Waals surface area contributed by atoms with E-state index >= 15 is 0 Å². The van der Waals surface area contributed by atoms with E-state index in [1.807, 2.05) is 30.3 Å². The van der Waals surface area contributed by atoms with Gasteiger partial charge in [-0.25, -0.2) is 15.0 Å². The first-order chi connectivity index (χ1) is 33.9. The minimum absolute atomic E-state index is 0.0272. The lowest BCUT2D eigenvalue weighted by Gasteiger charge is -2.22. The number of nitrogens with zero attached hydrogens (tertiary/aromatic N) is 4. The highest BCUT2D eigenvalue weighted by atomic mass is 16.3. The molecule has 3 aromatic heterocycles. The van der Waals surface area contributed by atoms with Crippen LogP contribution in [0.15, 0.2) is 211 Å². The van der Waals surface area contributed by atoms with Gasteiger partial charge in [0.25, 0.3) is 0 Å². The van der Waals surface area contributed by atoms with Gasteiger partial charge in [0.1, 0.15) is 11.2 Å². The second kappa shape index (κ2) is 16.7. The number of rotatable bonds is 7. The molecule has 0 spiro atoms. The van der Waals surface area contributed by atoms with Gasteiger partial charge >= 0.3 is 0 Å². The van der Waals surface area contributed by atoms with Gasteiger partial charge in [-0.05, 0) is 105 Å². The molecule has 0 bridgehead atoms. The van der Waals surface area contributed by atoms with E-state index in [-0.39, 0.29) is 10.8 Å². The Kier molecular flexibility index (Phi) is 10.2. The molecule has 338 valence electrons. The van der Waals surface area contributed by atoms with E-state index in [1.54, 1.807) is 0 Å². The summed E-state index contributed by atoms with van der Waals surface area (Å²) >= 11 is 0. The van der Waals surface area contributed by atoms with Crippen LogP contribution in [0.1, 0.15) is 52.7 Å². The maximum Gasteiger partial charge on any atom is 0.164 e. The van der Waals surface area contributed by atoms with Gasteiger partial charge in [0.2, 0.25) is 0 Å². The van der Waals surface area contributed by atoms with Gasteiger partial charge in [-0.3, -0.25) is 0 Å². The van der Waals surface area contributed by atoms with Crippen LogP contribution in [-0.2, 0) is 10.8 Å². The third-order valence-corrected chi connectivity index (χ3v) is 13.8. The highest BCUT2D eigenvalue weighted by molar-refractivity contribution is 6.11. The number of benzene rings is 9. The number of hydrogen-bond acceptors (Lipinski definition) is 4. The maximum absolute atomic E-state index is 6.27. The first-order valence-corrected chi connectivity index (χ1v) is 24.2. The zero-order chi connectivity index (χ0) is 47.7. The molecule has 5 heteroatoms. The fraction of sp³-hybridized carbons (Fsp3) is 0.123. The van der Waals surface area contributed by atoms with E-state index in [2.05, 4.69) is 222 Å². The van der Waals surface area contributed by atoms with Crippen LogP contribution in [-0.4, -0.2) is 19.5 Å². The van der Waals surface area contributed by atoms with Gasteiger partial charge in [0, 0.05) is 49.4 Å². The molecule has 12 rings (SSSR count). The molecule has 0 radical (unpaired) electrons. The molecule has 5 nitrogen and oxygen atoms in total. The average Bonchev–Trinajstić information content (AvgIpc) is 3.93. The lowest BCUT2D eigenvalue weighted by Crippen LogP contribution is -2.10. The Hall–Kier alpha value is -8.41. The number of aromatic nitrogens is 4. The van der Waals surface area contributed by atoms with E-state index < -0.39 is 0 Å². The maximum atomic E-state index is 6.27. The van der Waals surface area contributed by atoms with E-state index in [0.29, 0.717) is 17.5 Å². The van der Waals surface area contributed by atoms with Crippen LogP contribution < -0.4 is 0 Å². The molecule has 0 fully saturated rings. The van der Waals surface area contributed by atoms with Crippen molar-refractivity contribution in [3.05, 3.63) is 217 Å². The summed E-state index contributed by atoms with van der Waals surface area (Å²) in [5, 5.41) is 4.54. The average molecular weight is 905 g/mol. The van der Waals surface area contributed by atoms with Gasteiger partial charge in [-0.2, -0.15) is 0 Å². The van der Waals surface area contributed by atoms with Crippen molar-refractivity contribution in [1.29, 1.82) is 0 Å². The summed E-state index contributed by atoms with van der Waals surface area (Å²) < 4.78 is 8.77. The fourth-order valence-corrected chi connectivity index (χ4v) is 9.95. The van der Waals surface area contributed by atoms with Gasteiger partial charge < -0.3 is 8.98 Å². The number of hydrogen-bond donors (Lipinski definition) is 0. The van der Waals surface area contributed by atoms with Crippen LogP contribution >= 0.6 is 0 Å². The highest BCUT2D eigenvalue weighted by Crippen LogP contribution is 2.45. The van der Waals surface area contributed by atoms with Crippen molar-refractivity contribution in [2.24, 2.45) is 0 Å². The summed E-state index contributed by atoms with van der Waals surface area (Å²) in [5.74, 6) is 1.75. The molecule has 0 aliphatic heterocycles. The fourth-order valence-electron chi connectivity index (χ4n) is 9.95. The summed E-state index contributed by atoms with van der Waals surface area (Å²) in [6, 6.07) is 73.6.